The van der Waals surface area contributed by atoms with Crippen molar-refractivity contribution in [2.45, 2.75) is 56.2 Å². The summed E-state index contributed by atoms with van der Waals surface area (Å²) in [5, 5.41) is 0. The number of thioether (sulfide) groups is 2. The Morgan fingerprint density at radius 2 is 1.29 bits per heavy atom. The van der Waals surface area contributed by atoms with Gasteiger partial charge in [0.15, 0.2) is 0 Å². The molecule has 2 heteroatoms. The van der Waals surface area contributed by atoms with E-state index in [0.29, 0.717) is 0 Å². The van der Waals surface area contributed by atoms with Crippen LogP contribution in [0.4, 0.5) is 0 Å². The van der Waals surface area contributed by atoms with Crippen molar-refractivity contribution >= 4 is 23.5 Å². The highest BCUT2D eigenvalue weighted by atomic mass is 32.2. The molecule has 1 rings (SSSR count). The van der Waals surface area contributed by atoms with Gasteiger partial charge in [0.2, 0.25) is 0 Å². The summed E-state index contributed by atoms with van der Waals surface area (Å²) >= 11 is 4.00. The lowest BCUT2D eigenvalue weighted by Gasteiger charge is -2.07. The van der Waals surface area contributed by atoms with Crippen LogP contribution in [-0.4, -0.2) is 11.5 Å². The Labute approximate surface area is 115 Å². The van der Waals surface area contributed by atoms with E-state index in [1.165, 1.54) is 52.5 Å². The van der Waals surface area contributed by atoms with Gasteiger partial charge in [0.1, 0.15) is 0 Å². The van der Waals surface area contributed by atoms with Gasteiger partial charge in [-0.3, -0.25) is 0 Å². The Bertz CT molecular complexity index is 292. The first-order chi connectivity index (χ1) is 8.26. The van der Waals surface area contributed by atoms with Gasteiger partial charge in [-0.1, -0.05) is 26.7 Å². The molecule has 0 aliphatic carbocycles. The molecule has 0 saturated carbocycles. The zero-order valence-electron chi connectivity index (χ0n) is 11.3. The molecule has 0 N–H and O–H groups in total. The molecule has 0 saturated heterocycles. The number of rotatable bonds is 8. The summed E-state index contributed by atoms with van der Waals surface area (Å²) in [6.07, 6.45) is 5.21. The van der Waals surface area contributed by atoms with E-state index < -0.39 is 0 Å². The normalized spacial score (nSPS) is 10.8. The van der Waals surface area contributed by atoms with Gasteiger partial charge in [0.05, 0.1) is 0 Å². The molecule has 0 aromatic heterocycles. The van der Waals surface area contributed by atoms with Gasteiger partial charge in [0.25, 0.3) is 0 Å². The van der Waals surface area contributed by atoms with Crippen molar-refractivity contribution in [3.05, 3.63) is 23.8 Å². The standard InChI is InChI=1S/C15H24S2/c1-4-6-8-16-14-10-13(3)11-15(12-14)17-9-7-5-2/h10-12H,4-9H2,1-3H3. The minimum Gasteiger partial charge on any atom is -0.126 e. The van der Waals surface area contributed by atoms with Crippen molar-refractivity contribution in [3.8, 4) is 0 Å². The summed E-state index contributed by atoms with van der Waals surface area (Å²) < 4.78 is 0. The Hall–Kier alpha value is -0.0800. The third-order valence-electron chi connectivity index (χ3n) is 2.56. The quantitative estimate of drug-likeness (QED) is 0.433. The van der Waals surface area contributed by atoms with E-state index in [1.54, 1.807) is 0 Å². The van der Waals surface area contributed by atoms with Crippen molar-refractivity contribution < 1.29 is 0 Å². The number of hydrogen-bond acceptors (Lipinski definition) is 2. The van der Waals surface area contributed by atoms with Crippen LogP contribution >= 0.6 is 23.5 Å². The fraction of sp³-hybridized carbons (Fsp3) is 0.600. The molecule has 96 valence electrons. The first kappa shape index (κ1) is 15.0. The number of hydrogen-bond donors (Lipinski definition) is 0. The molecule has 0 nitrogen and oxygen atoms in total. The maximum absolute atomic E-state index is 2.35. The minimum absolute atomic E-state index is 1.25. The van der Waals surface area contributed by atoms with Crippen LogP contribution in [0.25, 0.3) is 0 Å². The van der Waals surface area contributed by atoms with E-state index in [0.717, 1.165) is 0 Å². The van der Waals surface area contributed by atoms with Gasteiger partial charge in [-0.05, 0) is 55.0 Å². The summed E-state index contributed by atoms with van der Waals surface area (Å²) in [7, 11) is 0. The summed E-state index contributed by atoms with van der Waals surface area (Å²) in [6, 6.07) is 6.97. The molecule has 0 fully saturated rings. The fourth-order valence-corrected chi connectivity index (χ4v) is 3.92. The number of aryl methyl sites for hydroxylation is 1. The van der Waals surface area contributed by atoms with Crippen LogP contribution in [0.3, 0.4) is 0 Å². The van der Waals surface area contributed by atoms with Crippen LogP contribution in [0.1, 0.15) is 45.1 Å². The second-order valence-corrected chi connectivity index (χ2v) is 6.72. The zero-order chi connectivity index (χ0) is 12.5. The maximum Gasteiger partial charge on any atom is 0.00857 e. The average molecular weight is 268 g/mol. The van der Waals surface area contributed by atoms with Crippen molar-refractivity contribution in [3.63, 3.8) is 0 Å². The molecule has 1 aromatic rings. The van der Waals surface area contributed by atoms with Crippen LogP contribution in [0.15, 0.2) is 28.0 Å². The van der Waals surface area contributed by atoms with Crippen molar-refractivity contribution in [1.82, 2.24) is 0 Å². The maximum atomic E-state index is 2.35. The third-order valence-corrected chi connectivity index (χ3v) is 4.68. The first-order valence-corrected chi connectivity index (χ1v) is 8.60. The SMILES string of the molecule is CCCCSc1cc(C)cc(SCCCC)c1. The average Bonchev–Trinajstić information content (AvgIpc) is 2.29. The predicted molar refractivity (Wildman–Crippen MR) is 82.4 cm³/mol. The van der Waals surface area contributed by atoms with E-state index in [2.05, 4.69) is 39.0 Å². The second-order valence-electron chi connectivity index (χ2n) is 4.39. The highest BCUT2D eigenvalue weighted by Crippen LogP contribution is 2.28. The third kappa shape index (κ3) is 6.42. The highest BCUT2D eigenvalue weighted by Gasteiger charge is 2.00. The van der Waals surface area contributed by atoms with E-state index in [-0.39, 0.29) is 0 Å². The Kier molecular flexibility index (Phi) is 7.87. The summed E-state index contributed by atoms with van der Waals surface area (Å²) in [4.78, 5) is 2.88. The Morgan fingerprint density at radius 3 is 1.71 bits per heavy atom. The molecule has 0 spiro atoms. The largest absolute Gasteiger partial charge is 0.126 e. The van der Waals surface area contributed by atoms with Gasteiger partial charge in [-0.15, -0.1) is 23.5 Å². The smallest absolute Gasteiger partial charge is 0.00857 e. The number of benzene rings is 1. The van der Waals surface area contributed by atoms with Crippen LogP contribution in [0.2, 0.25) is 0 Å². The van der Waals surface area contributed by atoms with Crippen molar-refractivity contribution in [2.24, 2.45) is 0 Å². The van der Waals surface area contributed by atoms with Gasteiger partial charge in [0, 0.05) is 9.79 Å². The molecular formula is C15H24S2. The summed E-state index contributed by atoms with van der Waals surface area (Å²) in [6.45, 7) is 6.71. The van der Waals surface area contributed by atoms with E-state index in [9.17, 15) is 0 Å². The molecule has 0 atom stereocenters. The molecule has 0 bridgehead atoms. The monoisotopic (exact) mass is 268 g/mol. The van der Waals surface area contributed by atoms with Crippen molar-refractivity contribution in [1.29, 1.82) is 0 Å². The Morgan fingerprint density at radius 1 is 0.824 bits per heavy atom. The molecule has 0 amide bonds. The van der Waals surface area contributed by atoms with Crippen LogP contribution in [0.5, 0.6) is 0 Å². The lowest BCUT2D eigenvalue weighted by Crippen LogP contribution is -1.84. The molecule has 17 heavy (non-hydrogen) atoms. The lowest BCUT2D eigenvalue weighted by molar-refractivity contribution is 0.895. The molecule has 0 heterocycles. The van der Waals surface area contributed by atoms with Crippen LogP contribution in [-0.2, 0) is 0 Å². The van der Waals surface area contributed by atoms with Crippen molar-refractivity contribution in [2.75, 3.05) is 11.5 Å². The first-order valence-electron chi connectivity index (χ1n) is 6.63. The van der Waals surface area contributed by atoms with Gasteiger partial charge in [-0.2, -0.15) is 0 Å². The van der Waals surface area contributed by atoms with Gasteiger partial charge in [-0.25, -0.2) is 0 Å². The highest BCUT2D eigenvalue weighted by molar-refractivity contribution is 8.00. The molecule has 0 aliphatic heterocycles. The van der Waals surface area contributed by atoms with E-state index >= 15 is 0 Å². The number of unbranched alkanes of at least 4 members (excludes halogenated alkanes) is 2. The van der Waals surface area contributed by atoms with Crippen LogP contribution < -0.4 is 0 Å². The van der Waals surface area contributed by atoms with E-state index in [4.69, 9.17) is 0 Å². The molecule has 0 radical (unpaired) electrons. The zero-order valence-corrected chi connectivity index (χ0v) is 12.9. The summed E-state index contributed by atoms with van der Waals surface area (Å²) in [5.41, 5.74) is 1.39. The molecule has 0 aliphatic rings. The Balaban J connectivity index is 2.53. The van der Waals surface area contributed by atoms with E-state index in [1.807, 2.05) is 23.5 Å². The molecular weight excluding hydrogens is 244 g/mol. The molecule has 1 aromatic carbocycles. The topological polar surface area (TPSA) is 0 Å². The van der Waals surface area contributed by atoms with Crippen LogP contribution in [0, 0.1) is 6.92 Å². The van der Waals surface area contributed by atoms with Gasteiger partial charge < -0.3 is 0 Å². The van der Waals surface area contributed by atoms with Gasteiger partial charge >= 0.3 is 0 Å². The predicted octanol–water partition coefficient (Wildman–Crippen LogP) is 5.78. The second kappa shape index (κ2) is 8.93. The molecule has 0 unspecified atom stereocenters. The lowest BCUT2D eigenvalue weighted by atomic mass is 10.2. The minimum atomic E-state index is 1.25. The summed E-state index contributed by atoms with van der Waals surface area (Å²) in [5.74, 6) is 2.50. The fourth-order valence-electron chi connectivity index (χ4n) is 1.55.